The highest BCUT2D eigenvalue weighted by Gasteiger charge is 2.30. The Morgan fingerprint density at radius 1 is 1.09 bits per heavy atom. The van der Waals surface area contributed by atoms with Gasteiger partial charge in [0, 0.05) is 36.6 Å². The van der Waals surface area contributed by atoms with Crippen molar-refractivity contribution in [2.24, 2.45) is 5.73 Å². The summed E-state index contributed by atoms with van der Waals surface area (Å²) in [6.45, 7) is 6.32. The smallest absolute Gasteiger partial charge is 0.409 e. The van der Waals surface area contributed by atoms with Crippen LogP contribution in [0.1, 0.15) is 38.1 Å². The Labute approximate surface area is 196 Å². The highest BCUT2D eigenvalue weighted by molar-refractivity contribution is 7.89. The minimum absolute atomic E-state index is 0.0456. The van der Waals surface area contributed by atoms with Crippen LogP contribution in [0.5, 0.6) is 0 Å². The van der Waals surface area contributed by atoms with Crippen LogP contribution in [0.2, 0.25) is 0 Å². The molecule has 0 bridgehead atoms. The lowest BCUT2D eigenvalue weighted by atomic mass is 10.1. The first kappa shape index (κ1) is 24.7. The van der Waals surface area contributed by atoms with Gasteiger partial charge in [-0.15, -0.1) is 11.3 Å². The van der Waals surface area contributed by atoms with E-state index < -0.39 is 27.9 Å². The molecule has 1 aliphatic rings. The van der Waals surface area contributed by atoms with Gasteiger partial charge in [0.05, 0.1) is 17.1 Å². The number of thiophene rings is 1. The number of nitrogens with zero attached hydrogens (tertiary/aromatic N) is 2. The van der Waals surface area contributed by atoms with E-state index in [1.807, 2.05) is 6.92 Å². The van der Waals surface area contributed by atoms with Gasteiger partial charge in [-0.1, -0.05) is 0 Å². The van der Waals surface area contributed by atoms with Gasteiger partial charge in [-0.05, 0) is 50.6 Å². The normalized spacial score (nSPS) is 14.7. The number of rotatable bonds is 6. The highest BCUT2D eigenvalue weighted by atomic mass is 32.2. The molecular weight excluding hydrogens is 468 g/mol. The number of hydrogen-bond acceptors (Lipinski definition) is 7. The Bertz CT molecular complexity index is 1170. The van der Waals surface area contributed by atoms with Gasteiger partial charge in [-0.2, -0.15) is 4.31 Å². The maximum atomic E-state index is 13.0. The van der Waals surface area contributed by atoms with Crippen LogP contribution in [-0.4, -0.2) is 68.3 Å². The zero-order valence-corrected chi connectivity index (χ0v) is 20.2. The molecule has 0 atom stereocenters. The molecule has 0 unspecified atom stereocenters. The summed E-state index contributed by atoms with van der Waals surface area (Å²) < 4.78 is 32.2. The van der Waals surface area contributed by atoms with Crippen molar-refractivity contribution in [3.05, 3.63) is 45.8 Å². The molecule has 3 amide bonds. The fraction of sp³-hybridized carbons (Fsp3) is 0.381. The lowest BCUT2D eigenvalue weighted by molar-refractivity contribution is 0.0933. The first-order chi connectivity index (χ1) is 15.6. The van der Waals surface area contributed by atoms with E-state index in [1.54, 1.807) is 13.8 Å². The number of anilines is 1. The van der Waals surface area contributed by atoms with Crippen molar-refractivity contribution < 1.29 is 27.5 Å². The number of ether oxygens (including phenoxy) is 1. The van der Waals surface area contributed by atoms with Gasteiger partial charge in [0.1, 0.15) is 5.00 Å². The van der Waals surface area contributed by atoms with Gasteiger partial charge in [0.15, 0.2) is 0 Å². The number of hydrogen-bond donors (Lipinski definition) is 2. The third-order valence-electron chi connectivity index (χ3n) is 5.38. The van der Waals surface area contributed by atoms with Crippen molar-refractivity contribution in [2.45, 2.75) is 25.7 Å². The number of benzene rings is 1. The van der Waals surface area contributed by atoms with Crippen LogP contribution in [0, 0.1) is 13.8 Å². The maximum Gasteiger partial charge on any atom is 0.409 e. The van der Waals surface area contributed by atoms with E-state index >= 15 is 0 Å². The third kappa shape index (κ3) is 5.18. The molecule has 178 valence electrons. The van der Waals surface area contributed by atoms with E-state index in [9.17, 15) is 22.8 Å². The fourth-order valence-corrected chi connectivity index (χ4v) is 5.92. The molecular formula is C21H26N4O6S2. The van der Waals surface area contributed by atoms with Crippen LogP contribution in [0.15, 0.2) is 29.2 Å². The van der Waals surface area contributed by atoms with Gasteiger partial charge < -0.3 is 20.7 Å². The second kappa shape index (κ2) is 9.89. The molecule has 12 heteroatoms. The Balaban J connectivity index is 1.70. The molecule has 10 nitrogen and oxygen atoms in total. The van der Waals surface area contributed by atoms with E-state index in [0.29, 0.717) is 10.6 Å². The predicted molar refractivity (Wildman–Crippen MR) is 124 cm³/mol. The number of carbonyl (C=O) groups is 3. The topological polar surface area (TPSA) is 139 Å². The number of sulfonamides is 1. The Morgan fingerprint density at radius 3 is 2.24 bits per heavy atom. The van der Waals surface area contributed by atoms with Crippen molar-refractivity contribution in [3.63, 3.8) is 0 Å². The second-order valence-corrected chi connectivity index (χ2v) is 10.6. The van der Waals surface area contributed by atoms with Gasteiger partial charge in [-0.25, -0.2) is 13.2 Å². The van der Waals surface area contributed by atoms with Crippen LogP contribution >= 0.6 is 11.3 Å². The molecule has 0 saturated carbocycles. The summed E-state index contributed by atoms with van der Waals surface area (Å²) >= 11 is 1.25. The number of nitrogens with one attached hydrogen (secondary N) is 1. The largest absolute Gasteiger partial charge is 0.450 e. The molecule has 33 heavy (non-hydrogen) atoms. The van der Waals surface area contributed by atoms with E-state index in [4.69, 9.17) is 10.5 Å². The molecule has 2 aromatic rings. The second-order valence-electron chi connectivity index (χ2n) is 7.42. The molecule has 0 radical (unpaired) electrons. The van der Waals surface area contributed by atoms with Crippen molar-refractivity contribution in [1.82, 2.24) is 9.21 Å². The summed E-state index contributed by atoms with van der Waals surface area (Å²) in [7, 11) is -3.78. The van der Waals surface area contributed by atoms with Crippen LogP contribution < -0.4 is 11.1 Å². The number of nitrogens with two attached hydrogens (primary N) is 1. The first-order valence-electron chi connectivity index (χ1n) is 10.3. The van der Waals surface area contributed by atoms with E-state index in [0.717, 1.165) is 4.88 Å². The molecule has 1 fully saturated rings. The Kier molecular flexibility index (Phi) is 7.40. The van der Waals surface area contributed by atoms with Crippen LogP contribution in [0.25, 0.3) is 0 Å². The van der Waals surface area contributed by atoms with E-state index in [2.05, 4.69) is 5.32 Å². The van der Waals surface area contributed by atoms with Gasteiger partial charge in [0.25, 0.3) is 11.8 Å². The van der Waals surface area contributed by atoms with E-state index in [1.165, 1.54) is 44.8 Å². The third-order valence-corrected chi connectivity index (χ3v) is 8.41. The number of primary amides is 1. The average molecular weight is 495 g/mol. The average Bonchev–Trinajstić information content (AvgIpc) is 3.07. The van der Waals surface area contributed by atoms with E-state index in [-0.39, 0.29) is 48.8 Å². The molecule has 1 aromatic heterocycles. The fourth-order valence-electron chi connectivity index (χ4n) is 3.44. The monoisotopic (exact) mass is 494 g/mol. The summed E-state index contributed by atoms with van der Waals surface area (Å²) in [6.07, 6.45) is -0.458. The Hall–Kier alpha value is -2.96. The first-order valence-corrected chi connectivity index (χ1v) is 12.5. The Morgan fingerprint density at radius 2 is 1.70 bits per heavy atom. The molecule has 1 aliphatic heterocycles. The minimum atomic E-state index is -3.78. The summed E-state index contributed by atoms with van der Waals surface area (Å²) in [6, 6.07) is 5.55. The molecule has 0 spiro atoms. The van der Waals surface area contributed by atoms with Gasteiger partial charge in [0.2, 0.25) is 10.0 Å². The number of amides is 3. The predicted octanol–water partition coefficient (Wildman–Crippen LogP) is 2.18. The summed E-state index contributed by atoms with van der Waals surface area (Å²) in [5.41, 5.74) is 6.66. The number of carbonyl (C=O) groups excluding carboxylic acids is 3. The number of aryl methyl sites for hydroxylation is 1. The molecule has 0 aliphatic carbocycles. The lowest BCUT2D eigenvalue weighted by Crippen LogP contribution is -2.50. The highest BCUT2D eigenvalue weighted by Crippen LogP contribution is 2.32. The van der Waals surface area contributed by atoms with Crippen LogP contribution in [0.4, 0.5) is 9.80 Å². The SMILES string of the molecule is CCOC(=O)N1CCN(S(=O)(=O)c2ccc(C(=O)Nc3sc(C)c(C)c3C(N)=O)cc2)CC1. The van der Waals surface area contributed by atoms with Crippen molar-refractivity contribution in [2.75, 3.05) is 38.1 Å². The quantitative estimate of drug-likeness (QED) is 0.631. The maximum absolute atomic E-state index is 13.0. The van der Waals surface area contributed by atoms with Gasteiger partial charge >= 0.3 is 6.09 Å². The van der Waals surface area contributed by atoms with Crippen LogP contribution in [0.3, 0.4) is 0 Å². The molecule has 2 heterocycles. The molecule has 3 N–H and O–H groups in total. The van der Waals surface area contributed by atoms with Gasteiger partial charge in [-0.3, -0.25) is 9.59 Å². The van der Waals surface area contributed by atoms with Crippen molar-refractivity contribution in [3.8, 4) is 0 Å². The summed E-state index contributed by atoms with van der Waals surface area (Å²) in [5, 5.41) is 3.05. The standard InChI is InChI=1S/C21H26N4O6S2/c1-4-31-21(28)24-9-11-25(12-10-24)33(29,30)16-7-5-15(6-8-16)19(27)23-20-17(18(22)26)13(2)14(3)32-20/h5-8H,4,9-12H2,1-3H3,(H2,22,26)(H,23,27). The zero-order valence-electron chi connectivity index (χ0n) is 18.6. The molecule has 1 aromatic carbocycles. The zero-order chi connectivity index (χ0) is 24.3. The summed E-state index contributed by atoms with van der Waals surface area (Å²) in [4.78, 5) is 38.6. The summed E-state index contributed by atoms with van der Waals surface area (Å²) in [5.74, 6) is -1.11. The van der Waals surface area contributed by atoms with Crippen LogP contribution in [-0.2, 0) is 14.8 Å². The van der Waals surface area contributed by atoms with Crippen molar-refractivity contribution in [1.29, 1.82) is 0 Å². The number of piperazine rings is 1. The minimum Gasteiger partial charge on any atom is -0.450 e. The van der Waals surface area contributed by atoms with Crippen molar-refractivity contribution >= 4 is 44.3 Å². The lowest BCUT2D eigenvalue weighted by Gasteiger charge is -2.33. The molecule has 1 saturated heterocycles. The molecule has 3 rings (SSSR count).